The van der Waals surface area contributed by atoms with Gasteiger partial charge in [-0.2, -0.15) is 0 Å². The van der Waals surface area contributed by atoms with Crippen molar-refractivity contribution in [2.24, 2.45) is 0 Å². The number of para-hydroxylation sites is 2. The van der Waals surface area contributed by atoms with Gasteiger partial charge in [0.25, 0.3) is 0 Å². The fraction of sp³-hybridized carbons (Fsp3) is 0. The molecular formula is C42H27NOS. The standard InChI is InChI=1S/C42H27NOS/c1-3-12-28(13-4-1)30-14-11-15-31(26-30)29-22-24-33(25-23-29)43(32-16-5-2-6-17-32)36-27-38-41(34-18-7-9-20-37(34)44-38)42-40(36)35-19-8-10-21-39(35)45-42/h1-27H. The van der Waals surface area contributed by atoms with E-state index in [9.17, 15) is 0 Å². The minimum Gasteiger partial charge on any atom is -0.456 e. The van der Waals surface area contributed by atoms with Gasteiger partial charge in [-0.15, -0.1) is 11.3 Å². The average Bonchev–Trinajstić information content (AvgIpc) is 3.68. The first-order valence-corrected chi connectivity index (χ1v) is 16.0. The van der Waals surface area contributed by atoms with Crippen LogP contribution in [0, 0.1) is 0 Å². The van der Waals surface area contributed by atoms with Crippen LogP contribution in [0.3, 0.4) is 0 Å². The lowest BCUT2D eigenvalue weighted by Gasteiger charge is -2.26. The molecule has 0 atom stereocenters. The summed E-state index contributed by atoms with van der Waals surface area (Å²) in [5.74, 6) is 0. The van der Waals surface area contributed by atoms with Gasteiger partial charge in [-0.25, -0.2) is 0 Å². The molecule has 0 spiro atoms. The Bertz CT molecular complexity index is 2470. The maximum atomic E-state index is 6.52. The molecule has 2 nitrogen and oxygen atoms in total. The fourth-order valence-corrected chi connectivity index (χ4v) is 7.84. The summed E-state index contributed by atoms with van der Waals surface area (Å²) >= 11 is 1.85. The van der Waals surface area contributed by atoms with Gasteiger partial charge in [-0.05, 0) is 64.7 Å². The predicted molar refractivity (Wildman–Crippen MR) is 192 cm³/mol. The molecule has 0 aliphatic carbocycles. The topological polar surface area (TPSA) is 16.4 Å². The minimum atomic E-state index is 0.903. The third kappa shape index (κ3) is 4.32. The van der Waals surface area contributed by atoms with Gasteiger partial charge in [0.1, 0.15) is 11.2 Å². The van der Waals surface area contributed by atoms with E-state index in [4.69, 9.17) is 4.42 Å². The smallest absolute Gasteiger partial charge is 0.138 e. The highest BCUT2D eigenvalue weighted by molar-refractivity contribution is 7.27. The van der Waals surface area contributed by atoms with Crippen LogP contribution in [0.1, 0.15) is 0 Å². The molecule has 0 unspecified atom stereocenters. The van der Waals surface area contributed by atoms with E-state index in [0.29, 0.717) is 0 Å². The Morgan fingerprint density at radius 2 is 1.02 bits per heavy atom. The second-order valence-electron chi connectivity index (χ2n) is 11.3. The van der Waals surface area contributed by atoms with Crippen molar-refractivity contribution < 1.29 is 4.42 Å². The lowest BCUT2D eigenvalue weighted by Crippen LogP contribution is -2.10. The van der Waals surface area contributed by atoms with Crippen LogP contribution < -0.4 is 4.90 Å². The van der Waals surface area contributed by atoms with Crippen molar-refractivity contribution in [3.8, 4) is 22.3 Å². The Labute approximate surface area is 265 Å². The Morgan fingerprint density at radius 3 is 1.80 bits per heavy atom. The number of rotatable bonds is 5. The Kier molecular flexibility index (Phi) is 6.03. The first-order chi connectivity index (χ1) is 22.3. The number of furan rings is 1. The molecule has 0 aliphatic heterocycles. The molecule has 2 aromatic heterocycles. The SMILES string of the molecule is c1ccc(-c2cccc(-c3ccc(N(c4ccccc4)c4cc5oc6ccccc6c5c5sc6ccccc6c45)cc3)c2)cc1. The van der Waals surface area contributed by atoms with Crippen LogP contribution in [0.15, 0.2) is 168 Å². The van der Waals surface area contributed by atoms with Crippen LogP contribution in [0.4, 0.5) is 17.1 Å². The quantitative estimate of drug-likeness (QED) is 0.197. The summed E-state index contributed by atoms with van der Waals surface area (Å²) in [6, 6.07) is 58.3. The number of nitrogens with zero attached hydrogens (tertiary/aromatic N) is 1. The van der Waals surface area contributed by atoms with Crippen molar-refractivity contribution in [2.45, 2.75) is 0 Å². The average molecular weight is 594 g/mol. The molecule has 212 valence electrons. The zero-order chi connectivity index (χ0) is 29.7. The van der Waals surface area contributed by atoms with Gasteiger partial charge in [0.2, 0.25) is 0 Å². The number of benzene rings is 7. The van der Waals surface area contributed by atoms with E-state index in [1.54, 1.807) is 0 Å². The van der Waals surface area contributed by atoms with Gasteiger partial charge in [0, 0.05) is 48.4 Å². The van der Waals surface area contributed by atoms with E-state index in [-0.39, 0.29) is 0 Å². The van der Waals surface area contributed by atoms with Gasteiger partial charge >= 0.3 is 0 Å². The molecule has 0 saturated heterocycles. The predicted octanol–water partition coefficient (Wildman–Crippen LogP) is 12.8. The summed E-state index contributed by atoms with van der Waals surface area (Å²) in [4.78, 5) is 2.37. The normalized spacial score (nSPS) is 11.6. The fourth-order valence-electron chi connectivity index (χ4n) is 6.56. The molecule has 0 amide bonds. The van der Waals surface area contributed by atoms with Crippen LogP contribution in [-0.4, -0.2) is 0 Å². The van der Waals surface area contributed by atoms with Gasteiger partial charge in [0.05, 0.1) is 5.69 Å². The summed E-state index contributed by atoms with van der Waals surface area (Å²) in [6.45, 7) is 0. The second-order valence-corrected chi connectivity index (χ2v) is 12.4. The minimum absolute atomic E-state index is 0.903. The summed E-state index contributed by atoms with van der Waals surface area (Å²) < 4.78 is 9.05. The molecule has 2 heterocycles. The lowest BCUT2D eigenvalue weighted by atomic mass is 9.98. The number of fused-ring (bicyclic) bond motifs is 7. The van der Waals surface area contributed by atoms with Crippen molar-refractivity contribution in [2.75, 3.05) is 4.90 Å². The molecule has 0 fully saturated rings. The molecule has 45 heavy (non-hydrogen) atoms. The first kappa shape index (κ1) is 25.8. The number of hydrogen-bond acceptors (Lipinski definition) is 3. The maximum absolute atomic E-state index is 6.52. The summed E-state index contributed by atoms with van der Waals surface area (Å²) in [7, 11) is 0. The van der Waals surface area contributed by atoms with Crippen molar-refractivity contribution in [3.05, 3.63) is 164 Å². The Morgan fingerprint density at radius 1 is 0.422 bits per heavy atom. The molecule has 0 bridgehead atoms. The summed E-state index contributed by atoms with van der Waals surface area (Å²) in [6.07, 6.45) is 0. The largest absolute Gasteiger partial charge is 0.456 e. The molecule has 0 radical (unpaired) electrons. The van der Waals surface area contributed by atoms with Crippen molar-refractivity contribution >= 4 is 70.5 Å². The van der Waals surface area contributed by atoms with Crippen LogP contribution in [0.25, 0.3) is 64.4 Å². The lowest BCUT2D eigenvalue weighted by molar-refractivity contribution is 0.669. The number of hydrogen-bond donors (Lipinski definition) is 0. The van der Waals surface area contributed by atoms with E-state index in [0.717, 1.165) is 33.6 Å². The summed E-state index contributed by atoms with van der Waals surface area (Å²) in [5.41, 5.74) is 9.94. The third-order valence-corrected chi connectivity index (χ3v) is 9.84. The molecule has 0 N–H and O–H groups in total. The van der Waals surface area contributed by atoms with Gasteiger partial charge < -0.3 is 9.32 Å². The highest BCUT2D eigenvalue weighted by Crippen LogP contribution is 2.50. The Hall–Kier alpha value is -5.64. The third-order valence-electron chi connectivity index (χ3n) is 8.65. The number of thiophene rings is 1. The van der Waals surface area contributed by atoms with Crippen molar-refractivity contribution in [1.82, 2.24) is 0 Å². The number of anilines is 3. The van der Waals surface area contributed by atoms with E-state index < -0.39 is 0 Å². The molecule has 9 aromatic rings. The highest BCUT2D eigenvalue weighted by Gasteiger charge is 2.23. The molecule has 7 aromatic carbocycles. The van der Waals surface area contributed by atoms with Gasteiger partial charge in [-0.1, -0.05) is 115 Å². The summed E-state index contributed by atoms with van der Waals surface area (Å²) in [5, 5.41) is 4.85. The van der Waals surface area contributed by atoms with E-state index >= 15 is 0 Å². The zero-order valence-electron chi connectivity index (χ0n) is 24.4. The van der Waals surface area contributed by atoms with Crippen molar-refractivity contribution in [1.29, 1.82) is 0 Å². The monoisotopic (exact) mass is 593 g/mol. The second kappa shape index (κ2) is 10.5. The van der Waals surface area contributed by atoms with Gasteiger partial charge in [-0.3, -0.25) is 0 Å². The molecule has 3 heteroatoms. The zero-order valence-corrected chi connectivity index (χ0v) is 25.2. The van der Waals surface area contributed by atoms with Crippen LogP contribution in [0.2, 0.25) is 0 Å². The Balaban J connectivity index is 1.25. The van der Waals surface area contributed by atoms with E-state index in [1.165, 1.54) is 47.8 Å². The highest BCUT2D eigenvalue weighted by atomic mass is 32.1. The first-order valence-electron chi connectivity index (χ1n) is 15.2. The molecule has 9 rings (SSSR count). The van der Waals surface area contributed by atoms with E-state index in [1.807, 2.05) is 17.4 Å². The van der Waals surface area contributed by atoms with Crippen LogP contribution in [-0.2, 0) is 0 Å². The van der Waals surface area contributed by atoms with Crippen LogP contribution in [0.5, 0.6) is 0 Å². The van der Waals surface area contributed by atoms with Gasteiger partial charge in [0.15, 0.2) is 0 Å². The molecule has 0 aliphatic rings. The van der Waals surface area contributed by atoms with Crippen molar-refractivity contribution in [3.63, 3.8) is 0 Å². The van der Waals surface area contributed by atoms with E-state index in [2.05, 4.69) is 163 Å². The van der Waals surface area contributed by atoms with Crippen LogP contribution >= 0.6 is 11.3 Å². The molecular weight excluding hydrogens is 567 g/mol. The maximum Gasteiger partial charge on any atom is 0.138 e. The molecule has 0 saturated carbocycles.